The van der Waals surface area contributed by atoms with Gasteiger partial charge in [0, 0.05) is 23.7 Å². The van der Waals surface area contributed by atoms with Gasteiger partial charge in [0.1, 0.15) is 11.5 Å². The molecule has 0 saturated heterocycles. The van der Waals surface area contributed by atoms with E-state index in [2.05, 4.69) is 35.8 Å². The number of pyridine rings is 1. The van der Waals surface area contributed by atoms with Crippen molar-refractivity contribution in [2.75, 3.05) is 5.32 Å². The first-order chi connectivity index (χ1) is 15.9. The molecule has 1 amide bonds. The van der Waals surface area contributed by atoms with Gasteiger partial charge in [-0.3, -0.25) is 9.78 Å². The number of carbonyl (C=O) groups excluding carboxylic acids is 1. The largest absolute Gasteiger partial charge is 0.305 e. The smallest absolute Gasteiger partial charge is 0.275 e. The van der Waals surface area contributed by atoms with Gasteiger partial charge in [0.2, 0.25) is 5.82 Å². The molecule has 1 aliphatic carbocycles. The molecular formula is C20H19F2N9OS. The zero-order chi connectivity index (χ0) is 23.1. The topological polar surface area (TPSA) is 116 Å². The summed E-state index contributed by atoms with van der Waals surface area (Å²) in [5.41, 5.74) is 0.733. The van der Waals surface area contributed by atoms with Crippen LogP contribution in [0.5, 0.6) is 0 Å². The van der Waals surface area contributed by atoms with E-state index in [1.807, 2.05) is 13.8 Å². The van der Waals surface area contributed by atoms with Crippen LogP contribution in [0.3, 0.4) is 0 Å². The van der Waals surface area contributed by atoms with Gasteiger partial charge in [-0.1, -0.05) is 0 Å². The molecule has 5 rings (SSSR count). The first kappa shape index (κ1) is 21.2. The summed E-state index contributed by atoms with van der Waals surface area (Å²) in [4.78, 5) is 25.4. The Balaban J connectivity index is 1.40. The fourth-order valence-corrected chi connectivity index (χ4v) is 4.05. The Morgan fingerprint density at radius 1 is 1.27 bits per heavy atom. The molecule has 1 N–H and O–H groups in total. The van der Waals surface area contributed by atoms with E-state index in [0.717, 1.165) is 24.7 Å². The summed E-state index contributed by atoms with van der Waals surface area (Å²) < 4.78 is 30.3. The molecule has 0 atom stereocenters. The van der Waals surface area contributed by atoms with Crippen molar-refractivity contribution in [1.82, 2.24) is 39.7 Å². The summed E-state index contributed by atoms with van der Waals surface area (Å²) in [5, 5.41) is 16.5. The van der Waals surface area contributed by atoms with E-state index in [0.29, 0.717) is 22.6 Å². The van der Waals surface area contributed by atoms with Crippen LogP contribution in [-0.2, 0) is 0 Å². The molecule has 0 bridgehead atoms. The molecule has 0 radical (unpaired) electrons. The standard InChI is InChI=1S/C20H19F2N9OS/c1-10(2)31-18(27-28-29-31)20-26-16(8-33-20)25-19(32)13-5-15(12(6-23-13)17(21)22)30-7-14(24-9-30)11-3-4-11/h5-11,17H,3-4H2,1-2H3,(H,25,32). The zero-order valence-corrected chi connectivity index (χ0v) is 18.5. The van der Waals surface area contributed by atoms with Crippen molar-refractivity contribution in [1.29, 1.82) is 0 Å². The monoisotopic (exact) mass is 471 g/mol. The minimum Gasteiger partial charge on any atom is -0.305 e. The summed E-state index contributed by atoms with van der Waals surface area (Å²) in [7, 11) is 0. The Labute approximate surface area is 190 Å². The van der Waals surface area contributed by atoms with Gasteiger partial charge >= 0.3 is 0 Å². The van der Waals surface area contributed by atoms with Crippen molar-refractivity contribution in [3.05, 3.63) is 47.1 Å². The number of hydrogen-bond acceptors (Lipinski definition) is 8. The maximum atomic E-state index is 13.6. The fraction of sp³-hybridized carbons (Fsp3) is 0.350. The molecule has 0 unspecified atom stereocenters. The lowest BCUT2D eigenvalue weighted by atomic mass is 10.2. The quantitative estimate of drug-likeness (QED) is 0.433. The lowest BCUT2D eigenvalue weighted by molar-refractivity contribution is 0.102. The SMILES string of the molecule is CC(C)n1nnnc1-c1nc(NC(=O)c2cc(-n3cnc(C4CC4)c3)c(C(F)F)cn2)cs1. The lowest BCUT2D eigenvalue weighted by Crippen LogP contribution is -2.15. The van der Waals surface area contributed by atoms with Gasteiger partial charge in [-0.2, -0.15) is 0 Å². The third-order valence-electron chi connectivity index (χ3n) is 5.18. The fourth-order valence-electron chi connectivity index (χ4n) is 3.33. The minimum atomic E-state index is -2.75. The number of hydrogen-bond donors (Lipinski definition) is 1. The molecule has 4 aromatic rings. The second kappa shape index (κ2) is 8.39. The van der Waals surface area contributed by atoms with Crippen LogP contribution in [0.2, 0.25) is 0 Å². The number of tetrazole rings is 1. The molecule has 0 spiro atoms. The first-order valence-corrected chi connectivity index (χ1v) is 11.2. The number of thiazole rings is 1. The molecule has 10 nitrogen and oxygen atoms in total. The van der Waals surface area contributed by atoms with Crippen LogP contribution in [0.15, 0.2) is 30.2 Å². The van der Waals surface area contributed by atoms with Crippen LogP contribution in [0.4, 0.5) is 14.6 Å². The Hall–Kier alpha value is -3.61. The van der Waals surface area contributed by atoms with Gasteiger partial charge in [0.15, 0.2) is 5.01 Å². The Morgan fingerprint density at radius 2 is 2.09 bits per heavy atom. The molecule has 13 heteroatoms. The molecule has 4 heterocycles. The maximum absolute atomic E-state index is 13.6. The predicted octanol–water partition coefficient (Wildman–Crippen LogP) is 4.03. The van der Waals surface area contributed by atoms with E-state index in [1.165, 1.54) is 28.3 Å². The van der Waals surface area contributed by atoms with E-state index in [4.69, 9.17) is 0 Å². The number of nitrogens with zero attached hydrogens (tertiary/aromatic N) is 8. The average molecular weight is 471 g/mol. The van der Waals surface area contributed by atoms with Crippen molar-refractivity contribution in [2.45, 2.75) is 45.1 Å². The first-order valence-electron chi connectivity index (χ1n) is 10.3. The van der Waals surface area contributed by atoms with Gasteiger partial charge < -0.3 is 9.88 Å². The highest BCUT2D eigenvalue weighted by Crippen LogP contribution is 2.39. The maximum Gasteiger partial charge on any atom is 0.275 e. The van der Waals surface area contributed by atoms with Gasteiger partial charge in [-0.25, -0.2) is 23.4 Å². The molecule has 0 aliphatic heterocycles. The molecule has 1 aliphatic rings. The third-order valence-corrected chi connectivity index (χ3v) is 6.01. The number of carbonyl (C=O) groups is 1. The van der Waals surface area contributed by atoms with Gasteiger partial charge in [-0.05, 0) is 43.2 Å². The van der Waals surface area contributed by atoms with Crippen molar-refractivity contribution in [3.63, 3.8) is 0 Å². The highest BCUT2D eigenvalue weighted by Gasteiger charge is 2.27. The molecule has 4 aromatic heterocycles. The molecule has 170 valence electrons. The van der Waals surface area contributed by atoms with Crippen LogP contribution in [-0.4, -0.2) is 45.6 Å². The summed E-state index contributed by atoms with van der Waals surface area (Å²) in [6.45, 7) is 3.88. The molecule has 33 heavy (non-hydrogen) atoms. The zero-order valence-electron chi connectivity index (χ0n) is 17.7. The van der Waals surface area contributed by atoms with Crippen LogP contribution < -0.4 is 5.32 Å². The molecule has 0 aromatic carbocycles. The van der Waals surface area contributed by atoms with E-state index >= 15 is 0 Å². The molecular weight excluding hydrogens is 452 g/mol. The Kier molecular flexibility index (Phi) is 5.40. The molecule has 1 fully saturated rings. The van der Waals surface area contributed by atoms with Crippen molar-refractivity contribution < 1.29 is 13.6 Å². The number of amides is 1. The lowest BCUT2D eigenvalue weighted by Gasteiger charge is -2.11. The summed E-state index contributed by atoms with van der Waals surface area (Å²) in [6.07, 6.45) is 3.58. The number of nitrogens with one attached hydrogen (secondary N) is 1. The molecule has 1 saturated carbocycles. The number of anilines is 1. The highest BCUT2D eigenvalue weighted by molar-refractivity contribution is 7.13. The van der Waals surface area contributed by atoms with E-state index in [1.54, 1.807) is 16.3 Å². The predicted molar refractivity (Wildman–Crippen MR) is 116 cm³/mol. The average Bonchev–Trinajstić information content (AvgIpc) is 3.20. The summed E-state index contributed by atoms with van der Waals surface area (Å²) >= 11 is 1.27. The number of halogens is 2. The second-order valence-corrected chi connectivity index (χ2v) is 8.80. The van der Waals surface area contributed by atoms with Crippen molar-refractivity contribution in [3.8, 4) is 16.5 Å². The van der Waals surface area contributed by atoms with Gasteiger partial charge in [0.25, 0.3) is 12.3 Å². The normalized spacial score (nSPS) is 13.8. The van der Waals surface area contributed by atoms with E-state index < -0.39 is 12.3 Å². The van der Waals surface area contributed by atoms with Crippen LogP contribution >= 0.6 is 11.3 Å². The third kappa shape index (κ3) is 4.23. The van der Waals surface area contributed by atoms with Crippen LogP contribution in [0, 0.1) is 0 Å². The van der Waals surface area contributed by atoms with Crippen LogP contribution in [0.25, 0.3) is 16.5 Å². The van der Waals surface area contributed by atoms with E-state index in [9.17, 15) is 13.6 Å². The number of aromatic nitrogens is 8. The van der Waals surface area contributed by atoms with Gasteiger partial charge in [-0.15, -0.1) is 16.4 Å². The summed E-state index contributed by atoms with van der Waals surface area (Å²) in [5.74, 6) is 0.586. The Bertz CT molecular complexity index is 1310. The number of alkyl halides is 2. The number of rotatable bonds is 7. The van der Waals surface area contributed by atoms with Gasteiger partial charge in [0.05, 0.1) is 29.3 Å². The summed E-state index contributed by atoms with van der Waals surface area (Å²) in [6, 6.07) is 1.37. The minimum absolute atomic E-state index is 0.0161. The van der Waals surface area contributed by atoms with Crippen molar-refractivity contribution >= 4 is 23.1 Å². The highest BCUT2D eigenvalue weighted by atomic mass is 32.1. The van der Waals surface area contributed by atoms with Crippen LogP contribution in [0.1, 0.15) is 66.8 Å². The second-order valence-electron chi connectivity index (χ2n) is 7.94. The van der Waals surface area contributed by atoms with Crippen molar-refractivity contribution in [2.24, 2.45) is 0 Å². The van der Waals surface area contributed by atoms with E-state index in [-0.39, 0.29) is 23.0 Å². The number of imidazole rings is 1. The Morgan fingerprint density at radius 3 is 2.82 bits per heavy atom.